The summed E-state index contributed by atoms with van der Waals surface area (Å²) in [5.41, 5.74) is 0. The van der Waals surface area contributed by atoms with E-state index in [0.29, 0.717) is 24.3 Å². The van der Waals surface area contributed by atoms with Crippen LogP contribution in [0.2, 0.25) is 0 Å². The number of esters is 1. The zero-order chi connectivity index (χ0) is 21.2. The first-order valence-electron chi connectivity index (χ1n) is 9.74. The minimum atomic E-state index is -0.590. The van der Waals surface area contributed by atoms with Crippen molar-refractivity contribution in [2.45, 2.75) is 51.7 Å². The van der Waals surface area contributed by atoms with Gasteiger partial charge in [-0.05, 0) is 24.5 Å². The number of methoxy groups -OCH3 is 1. The Morgan fingerprint density at radius 1 is 1.41 bits per heavy atom. The van der Waals surface area contributed by atoms with Crippen molar-refractivity contribution in [2.24, 2.45) is 5.92 Å². The second-order valence-corrected chi connectivity index (χ2v) is 7.93. The molecule has 0 aliphatic carbocycles. The average molecular weight is 414 g/mol. The zero-order valence-corrected chi connectivity index (χ0v) is 17.9. The normalized spacial score (nSPS) is 18.0. The summed E-state index contributed by atoms with van der Waals surface area (Å²) >= 11 is 1.27. The third-order valence-electron chi connectivity index (χ3n) is 4.67. The molecule has 0 aromatic carbocycles. The van der Waals surface area contributed by atoms with Crippen molar-refractivity contribution in [1.29, 1.82) is 0 Å². The number of hydrogen-bond donors (Lipinski definition) is 1. The highest BCUT2D eigenvalue weighted by molar-refractivity contribution is 7.14. The maximum atomic E-state index is 12.2. The van der Waals surface area contributed by atoms with E-state index in [-0.39, 0.29) is 23.8 Å². The third-order valence-corrected chi connectivity index (χ3v) is 5.65. The molecule has 1 aliphatic rings. The highest BCUT2D eigenvalue weighted by atomic mass is 32.1. The highest BCUT2D eigenvalue weighted by Gasteiger charge is 2.28. The molecule has 0 bridgehead atoms. The molecular weight excluding hydrogens is 386 g/mol. The van der Waals surface area contributed by atoms with Gasteiger partial charge < -0.3 is 14.7 Å². The molecule has 1 aromatic heterocycles. The summed E-state index contributed by atoms with van der Waals surface area (Å²) in [4.78, 5) is 26.7. The fourth-order valence-corrected chi connectivity index (χ4v) is 3.70. The molecule has 1 aliphatic heterocycles. The average Bonchev–Trinajstić information content (AvgIpc) is 3.33. The Labute approximate surface area is 176 Å². The number of thiophene rings is 1. The smallest absolute Gasteiger partial charge is 0.348 e. The number of hydrogen-bond acceptors (Lipinski definition) is 5. The van der Waals surface area contributed by atoms with Crippen LogP contribution in [0.25, 0.3) is 0 Å². The van der Waals surface area contributed by atoms with Gasteiger partial charge in [0.05, 0.1) is 30.7 Å². The van der Waals surface area contributed by atoms with Gasteiger partial charge in [-0.1, -0.05) is 37.8 Å². The van der Waals surface area contributed by atoms with Crippen molar-refractivity contribution < 1.29 is 19.4 Å². The molecule has 1 fully saturated rings. The van der Waals surface area contributed by atoms with Crippen molar-refractivity contribution in [3.8, 4) is 23.7 Å². The first kappa shape index (κ1) is 22.7. The second kappa shape index (κ2) is 11.5. The number of aliphatic hydroxyl groups excluding tert-OH is 1. The van der Waals surface area contributed by atoms with Gasteiger partial charge in [0.15, 0.2) is 0 Å². The lowest BCUT2D eigenvalue weighted by molar-refractivity contribution is -0.127. The third kappa shape index (κ3) is 6.78. The molecule has 0 saturated carbocycles. The van der Waals surface area contributed by atoms with Crippen molar-refractivity contribution in [3.63, 3.8) is 0 Å². The largest absolute Gasteiger partial charge is 0.465 e. The molecule has 0 radical (unpaired) electrons. The molecule has 1 N–H and O–H groups in total. The summed E-state index contributed by atoms with van der Waals surface area (Å²) < 4.78 is 4.69. The van der Waals surface area contributed by atoms with Gasteiger partial charge in [-0.2, -0.15) is 0 Å². The zero-order valence-electron chi connectivity index (χ0n) is 17.1. The van der Waals surface area contributed by atoms with Crippen LogP contribution in [-0.4, -0.2) is 47.7 Å². The predicted molar refractivity (Wildman–Crippen MR) is 114 cm³/mol. The number of carbonyl (C=O) groups is 2. The van der Waals surface area contributed by atoms with Crippen molar-refractivity contribution >= 4 is 23.2 Å². The Hall–Kier alpha value is -2.54. The van der Waals surface area contributed by atoms with Gasteiger partial charge in [0.2, 0.25) is 5.91 Å². The lowest BCUT2D eigenvalue weighted by Gasteiger charge is -2.20. The van der Waals surface area contributed by atoms with Crippen LogP contribution in [0.5, 0.6) is 0 Å². The molecular formula is C23H27NO4S. The molecule has 1 saturated heterocycles. The van der Waals surface area contributed by atoms with Crippen LogP contribution in [0.3, 0.4) is 0 Å². The van der Waals surface area contributed by atoms with Gasteiger partial charge in [-0.3, -0.25) is 4.79 Å². The number of carbonyl (C=O) groups excluding carboxylic acids is 2. The van der Waals surface area contributed by atoms with Gasteiger partial charge in [0, 0.05) is 19.3 Å². The van der Waals surface area contributed by atoms with E-state index < -0.39 is 6.10 Å². The number of ether oxygens (including phenoxy) is 1. The molecule has 154 valence electrons. The minimum absolute atomic E-state index is 0.0403. The summed E-state index contributed by atoms with van der Waals surface area (Å²) in [6.07, 6.45) is 5.74. The Morgan fingerprint density at radius 3 is 2.93 bits per heavy atom. The summed E-state index contributed by atoms with van der Waals surface area (Å²) in [6.45, 7) is 4.28. The summed E-state index contributed by atoms with van der Waals surface area (Å²) in [5.74, 6) is 11.8. The van der Waals surface area contributed by atoms with E-state index in [1.807, 2.05) is 19.9 Å². The van der Waals surface area contributed by atoms with E-state index >= 15 is 0 Å². The van der Waals surface area contributed by atoms with Gasteiger partial charge in [0.25, 0.3) is 0 Å². The van der Waals surface area contributed by atoms with E-state index in [9.17, 15) is 14.7 Å². The predicted octanol–water partition coefficient (Wildman–Crippen LogP) is 3.23. The van der Waals surface area contributed by atoms with Gasteiger partial charge in [0.1, 0.15) is 4.88 Å². The van der Waals surface area contributed by atoms with E-state index in [1.165, 1.54) is 18.4 Å². The van der Waals surface area contributed by atoms with E-state index in [2.05, 4.69) is 28.4 Å². The Morgan fingerprint density at radius 2 is 2.21 bits per heavy atom. The maximum Gasteiger partial charge on any atom is 0.348 e. The fraction of sp³-hybridized carbons (Fsp3) is 0.478. The summed E-state index contributed by atoms with van der Waals surface area (Å²) in [5, 5.41) is 10.3. The molecule has 3 unspecified atom stereocenters. The van der Waals surface area contributed by atoms with Crippen LogP contribution in [0, 0.1) is 29.6 Å². The van der Waals surface area contributed by atoms with E-state index in [4.69, 9.17) is 0 Å². The van der Waals surface area contributed by atoms with Crippen LogP contribution < -0.4 is 0 Å². The second-order valence-electron chi connectivity index (χ2n) is 6.85. The monoisotopic (exact) mass is 413 g/mol. The fourth-order valence-electron chi connectivity index (χ4n) is 2.90. The van der Waals surface area contributed by atoms with Crippen LogP contribution >= 0.6 is 11.3 Å². The molecule has 2 heterocycles. The number of amides is 1. The number of rotatable bonds is 6. The summed E-state index contributed by atoms with van der Waals surface area (Å²) in [7, 11) is 1.34. The van der Waals surface area contributed by atoms with Crippen LogP contribution in [0.1, 0.15) is 54.1 Å². The molecule has 2 rings (SSSR count). The first-order chi connectivity index (χ1) is 14.0. The molecule has 6 heteroatoms. The van der Waals surface area contributed by atoms with Crippen LogP contribution in [-0.2, 0) is 9.53 Å². The lowest BCUT2D eigenvalue weighted by atomic mass is 10.00. The molecule has 3 atom stereocenters. The van der Waals surface area contributed by atoms with E-state index in [0.717, 1.165) is 17.7 Å². The number of nitrogens with zero attached hydrogens (tertiary/aromatic N) is 1. The topological polar surface area (TPSA) is 66.8 Å². The van der Waals surface area contributed by atoms with Gasteiger partial charge in [-0.25, -0.2) is 4.79 Å². The molecule has 1 amide bonds. The number of likely N-dealkylation sites (tertiary alicyclic amines) is 1. The van der Waals surface area contributed by atoms with Crippen molar-refractivity contribution in [3.05, 3.63) is 34.0 Å². The van der Waals surface area contributed by atoms with E-state index in [1.54, 1.807) is 23.1 Å². The standard InChI is InChI=1S/C23H27NO4S/c1-4-5-6-8-17(2)20(25)13-10-18-11-15-22(26)24(18)16-7-9-19-12-14-21(29-19)23(27)28-3/h10,12-14,17-18,20,25H,4,8,11,15-16H2,1-3H3. The Bertz CT molecular complexity index is 865. The number of aliphatic hydroxyl groups is 1. The molecule has 1 aromatic rings. The molecule has 0 spiro atoms. The quantitative estimate of drug-likeness (QED) is 0.442. The highest BCUT2D eigenvalue weighted by Crippen LogP contribution is 2.21. The van der Waals surface area contributed by atoms with Crippen LogP contribution in [0.15, 0.2) is 24.3 Å². The van der Waals surface area contributed by atoms with Crippen LogP contribution in [0.4, 0.5) is 0 Å². The van der Waals surface area contributed by atoms with Gasteiger partial charge >= 0.3 is 5.97 Å². The maximum absolute atomic E-state index is 12.2. The summed E-state index contributed by atoms with van der Waals surface area (Å²) in [6, 6.07) is 3.39. The Kier molecular flexibility index (Phi) is 8.99. The molecule has 29 heavy (non-hydrogen) atoms. The molecule has 5 nitrogen and oxygen atoms in total. The van der Waals surface area contributed by atoms with Crippen molar-refractivity contribution in [1.82, 2.24) is 4.90 Å². The lowest BCUT2D eigenvalue weighted by Crippen LogP contribution is -2.32. The Balaban J connectivity index is 1.95. The minimum Gasteiger partial charge on any atom is -0.465 e. The first-order valence-corrected chi connectivity index (χ1v) is 10.6. The van der Waals surface area contributed by atoms with Gasteiger partial charge in [-0.15, -0.1) is 23.2 Å². The van der Waals surface area contributed by atoms with Crippen molar-refractivity contribution in [2.75, 3.05) is 13.7 Å². The SMILES string of the molecule is CCC#CCC(C)C(O)C=CC1CCC(=O)N1CC#Cc1ccc(C(=O)OC)s1.